The van der Waals surface area contributed by atoms with Gasteiger partial charge in [-0.3, -0.25) is 0 Å². The number of rotatable bonds is 3. The third-order valence-corrected chi connectivity index (χ3v) is 5.83. The molecule has 7 nitrogen and oxygen atoms in total. The maximum absolute atomic E-state index is 11.9. The maximum Gasteiger partial charge on any atom is 0.184 e. The minimum absolute atomic E-state index is 0.253. The Morgan fingerprint density at radius 1 is 1.35 bits per heavy atom. The van der Waals surface area contributed by atoms with E-state index in [1.165, 1.54) is 4.68 Å². The van der Waals surface area contributed by atoms with Gasteiger partial charge in [-0.2, -0.15) is 0 Å². The monoisotopic (exact) mass is 293 g/mol. The summed E-state index contributed by atoms with van der Waals surface area (Å²) in [5.41, 5.74) is 7.20. The van der Waals surface area contributed by atoms with Crippen LogP contribution in [0.15, 0.2) is 24.3 Å². The first kappa shape index (κ1) is 13.0. The molecule has 3 rings (SSSR count). The first-order chi connectivity index (χ1) is 9.58. The van der Waals surface area contributed by atoms with Crippen molar-refractivity contribution in [2.75, 3.05) is 11.5 Å². The third kappa shape index (κ3) is 2.26. The lowest BCUT2D eigenvalue weighted by Crippen LogP contribution is -2.23. The van der Waals surface area contributed by atoms with Crippen molar-refractivity contribution < 1.29 is 8.42 Å². The van der Waals surface area contributed by atoms with Gasteiger partial charge in [-0.25, -0.2) is 13.1 Å². The minimum Gasteiger partial charge on any atom is -0.398 e. The number of anilines is 1. The summed E-state index contributed by atoms with van der Waals surface area (Å²) in [7, 11) is -3.02. The molecule has 1 aromatic heterocycles. The largest absolute Gasteiger partial charge is 0.398 e. The van der Waals surface area contributed by atoms with Crippen molar-refractivity contribution in [2.24, 2.45) is 0 Å². The van der Waals surface area contributed by atoms with E-state index in [2.05, 4.69) is 15.5 Å². The molecule has 1 unspecified atom stereocenters. The van der Waals surface area contributed by atoms with Crippen LogP contribution in [0.5, 0.6) is 0 Å². The number of para-hydroxylation sites is 1. The molecule has 106 valence electrons. The van der Waals surface area contributed by atoms with Gasteiger partial charge in [0.05, 0.1) is 17.5 Å². The highest BCUT2D eigenvalue weighted by Gasteiger charge is 2.32. The zero-order chi connectivity index (χ0) is 14.2. The molecule has 8 heteroatoms. The molecule has 0 amide bonds. The van der Waals surface area contributed by atoms with E-state index in [1.54, 1.807) is 6.07 Å². The Bertz CT molecular complexity index is 725. The molecule has 1 aliphatic rings. The van der Waals surface area contributed by atoms with E-state index in [1.807, 2.05) is 18.2 Å². The van der Waals surface area contributed by atoms with Gasteiger partial charge in [0.2, 0.25) is 0 Å². The third-order valence-electron chi connectivity index (χ3n) is 3.57. The summed E-state index contributed by atoms with van der Waals surface area (Å²) in [6.07, 6.45) is 1.36. The molecule has 2 N–H and O–H groups in total. The fraction of sp³-hybridized carbons (Fsp3) is 0.417. The Hall–Kier alpha value is -1.96. The number of nitrogen functional groups attached to an aromatic ring is 1. The first-order valence-electron chi connectivity index (χ1n) is 6.40. The molecular formula is C12H15N5O2S. The molecule has 0 spiro atoms. The van der Waals surface area contributed by atoms with Crippen LogP contribution in [-0.2, 0) is 16.4 Å². The van der Waals surface area contributed by atoms with Crippen LogP contribution >= 0.6 is 0 Å². The summed E-state index contributed by atoms with van der Waals surface area (Å²) in [5, 5.41) is 11.1. The van der Waals surface area contributed by atoms with E-state index in [9.17, 15) is 8.42 Å². The molecule has 0 saturated carbocycles. The van der Waals surface area contributed by atoms with Gasteiger partial charge in [0, 0.05) is 11.3 Å². The number of benzene rings is 1. The Morgan fingerprint density at radius 3 is 2.85 bits per heavy atom. The summed E-state index contributed by atoms with van der Waals surface area (Å²) in [6.45, 7) is 0.277. The second-order valence-electron chi connectivity index (χ2n) is 4.90. The quantitative estimate of drug-likeness (QED) is 0.826. The van der Waals surface area contributed by atoms with Crippen LogP contribution < -0.4 is 5.73 Å². The first-order valence-corrected chi connectivity index (χ1v) is 8.12. The van der Waals surface area contributed by atoms with Crippen molar-refractivity contribution >= 4 is 15.5 Å². The lowest BCUT2D eigenvalue weighted by atomic mass is 10.1. The molecular weight excluding hydrogens is 278 g/mol. The summed E-state index contributed by atoms with van der Waals surface area (Å²) >= 11 is 0. The van der Waals surface area contributed by atoms with E-state index in [4.69, 9.17) is 5.73 Å². The Balaban J connectivity index is 1.94. The van der Waals surface area contributed by atoms with Crippen LogP contribution in [0.3, 0.4) is 0 Å². The number of aromatic nitrogens is 4. The van der Waals surface area contributed by atoms with Crippen LogP contribution in [0.25, 0.3) is 11.4 Å². The predicted molar refractivity (Wildman–Crippen MR) is 74.5 cm³/mol. The normalized spacial score (nSPS) is 21.1. The Kier molecular flexibility index (Phi) is 3.17. The van der Waals surface area contributed by atoms with Gasteiger partial charge >= 0.3 is 0 Å². The average Bonchev–Trinajstić information content (AvgIpc) is 2.98. The summed E-state index contributed by atoms with van der Waals surface area (Å²) in [4.78, 5) is 0. The minimum atomic E-state index is -3.02. The lowest BCUT2D eigenvalue weighted by molar-refractivity contribution is 0.534. The number of hydrogen-bond donors (Lipinski definition) is 1. The Morgan fingerprint density at radius 2 is 2.15 bits per heavy atom. The fourth-order valence-corrected chi connectivity index (χ4v) is 4.27. The lowest BCUT2D eigenvalue weighted by Gasteiger charge is -2.11. The van der Waals surface area contributed by atoms with Crippen LogP contribution in [0.2, 0.25) is 0 Å². The SMILES string of the molecule is Nc1ccccc1-c1nnnn1CC1CCCS1(=O)=O. The second-order valence-corrected chi connectivity index (χ2v) is 7.30. The molecule has 2 aromatic rings. The molecule has 1 aliphatic heterocycles. The van der Waals surface area contributed by atoms with Gasteiger partial charge < -0.3 is 5.73 Å². The van der Waals surface area contributed by atoms with Gasteiger partial charge in [0.25, 0.3) is 0 Å². The van der Waals surface area contributed by atoms with Crippen LogP contribution in [0, 0.1) is 0 Å². The molecule has 1 aromatic carbocycles. The van der Waals surface area contributed by atoms with Crippen LogP contribution in [0.4, 0.5) is 5.69 Å². The highest BCUT2D eigenvalue weighted by Crippen LogP contribution is 2.26. The molecule has 1 fully saturated rings. The number of nitrogens with zero attached hydrogens (tertiary/aromatic N) is 4. The van der Waals surface area contributed by atoms with Gasteiger partial charge in [-0.05, 0) is 35.4 Å². The van der Waals surface area contributed by atoms with Crippen molar-refractivity contribution in [3.63, 3.8) is 0 Å². The Labute approximate surface area is 116 Å². The zero-order valence-corrected chi connectivity index (χ0v) is 11.6. The van der Waals surface area contributed by atoms with Gasteiger partial charge in [-0.1, -0.05) is 12.1 Å². The standard InChI is InChI=1S/C12H15N5O2S/c13-11-6-2-1-5-10(11)12-14-15-16-17(12)8-9-4-3-7-20(9,18)19/h1-2,5-6,9H,3-4,7-8,13H2. The van der Waals surface area contributed by atoms with Crippen LogP contribution in [0.1, 0.15) is 12.8 Å². The van der Waals surface area contributed by atoms with E-state index < -0.39 is 15.1 Å². The van der Waals surface area contributed by atoms with Crippen molar-refractivity contribution in [1.29, 1.82) is 0 Å². The highest BCUT2D eigenvalue weighted by atomic mass is 32.2. The number of sulfone groups is 1. The topological polar surface area (TPSA) is 104 Å². The van der Waals surface area contributed by atoms with Gasteiger partial charge in [-0.15, -0.1) is 5.10 Å². The number of tetrazole rings is 1. The van der Waals surface area contributed by atoms with E-state index in [-0.39, 0.29) is 12.3 Å². The number of nitrogens with two attached hydrogens (primary N) is 1. The van der Waals surface area contributed by atoms with Crippen molar-refractivity contribution in [2.45, 2.75) is 24.6 Å². The van der Waals surface area contributed by atoms with E-state index in [0.717, 1.165) is 0 Å². The summed E-state index contributed by atoms with van der Waals surface area (Å²) in [6, 6.07) is 7.26. The van der Waals surface area contributed by atoms with Crippen molar-refractivity contribution in [1.82, 2.24) is 20.2 Å². The second kappa shape index (κ2) is 4.86. The van der Waals surface area contributed by atoms with E-state index in [0.29, 0.717) is 29.9 Å². The van der Waals surface area contributed by atoms with Gasteiger partial charge in [0.1, 0.15) is 0 Å². The molecule has 2 heterocycles. The maximum atomic E-state index is 11.9. The van der Waals surface area contributed by atoms with Crippen LogP contribution in [-0.4, -0.2) is 39.6 Å². The summed E-state index contributed by atoms with van der Waals surface area (Å²) in [5.74, 6) is 0.757. The molecule has 1 atom stereocenters. The van der Waals surface area contributed by atoms with Gasteiger partial charge in [0.15, 0.2) is 15.7 Å². The number of hydrogen-bond acceptors (Lipinski definition) is 6. The molecule has 0 aliphatic carbocycles. The summed E-state index contributed by atoms with van der Waals surface area (Å²) < 4.78 is 25.3. The molecule has 1 saturated heterocycles. The zero-order valence-electron chi connectivity index (χ0n) is 10.8. The highest BCUT2D eigenvalue weighted by molar-refractivity contribution is 7.92. The predicted octanol–water partition coefficient (Wildman–Crippen LogP) is 0.500. The molecule has 0 radical (unpaired) electrons. The van der Waals surface area contributed by atoms with Crippen molar-refractivity contribution in [3.8, 4) is 11.4 Å². The average molecular weight is 293 g/mol. The fourth-order valence-electron chi connectivity index (χ4n) is 2.48. The smallest absolute Gasteiger partial charge is 0.184 e. The molecule has 0 bridgehead atoms. The van der Waals surface area contributed by atoms with Crippen molar-refractivity contribution in [3.05, 3.63) is 24.3 Å². The molecule has 20 heavy (non-hydrogen) atoms. The van der Waals surface area contributed by atoms with E-state index >= 15 is 0 Å².